The number of thiophene rings is 1. The summed E-state index contributed by atoms with van der Waals surface area (Å²) in [5.74, 6) is 1.33. The van der Waals surface area contributed by atoms with Gasteiger partial charge in [-0.3, -0.25) is 15.0 Å². The van der Waals surface area contributed by atoms with Crippen LogP contribution in [0.5, 0.6) is 0 Å². The molecule has 0 radical (unpaired) electrons. The van der Waals surface area contributed by atoms with Crippen LogP contribution in [0.3, 0.4) is 0 Å². The highest BCUT2D eigenvalue weighted by molar-refractivity contribution is 7.17. The molecule has 4 N–H and O–H groups in total. The normalized spacial score (nSPS) is 16.0. The quantitative estimate of drug-likeness (QED) is 0.274. The van der Waals surface area contributed by atoms with Gasteiger partial charge in [0.1, 0.15) is 5.00 Å². The minimum absolute atomic E-state index is 0.0508. The molecular weight excluding hydrogens is 298 g/mol. The summed E-state index contributed by atoms with van der Waals surface area (Å²) in [4.78, 5) is 34.7. The molecule has 9 heteroatoms. The second-order valence-electron chi connectivity index (χ2n) is 5.15. The third-order valence-electron chi connectivity index (χ3n) is 3.06. The summed E-state index contributed by atoms with van der Waals surface area (Å²) in [6.07, 6.45) is 0.376. The van der Waals surface area contributed by atoms with E-state index in [4.69, 9.17) is 10.6 Å². The molecule has 0 spiro atoms. The van der Waals surface area contributed by atoms with E-state index in [1.165, 1.54) is 0 Å². The van der Waals surface area contributed by atoms with Crippen molar-refractivity contribution in [2.24, 2.45) is 5.84 Å². The Balaban J connectivity index is 2.40. The van der Waals surface area contributed by atoms with Crippen LogP contribution in [0.2, 0.25) is 0 Å². The lowest BCUT2D eigenvalue weighted by Gasteiger charge is -2.30. The second-order valence-corrected chi connectivity index (χ2v) is 6.25. The number of ether oxygens (including phenoxy) is 1. The molecule has 0 aliphatic carbocycles. The number of nitrogens with one attached hydrogen (secondary N) is 2. The van der Waals surface area contributed by atoms with Gasteiger partial charge in [-0.05, 0) is 19.4 Å². The van der Waals surface area contributed by atoms with Crippen molar-refractivity contribution in [2.45, 2.75) is 32.5 Å². The van der Waals surface area contributed by atoms with E-state index < -0.39 is 23.4 Å². The van der Waals surface area contributed by atoms with Crippen molar-refractivity contribution >= 4 is 34.1 Å². The number of rotatable bonds is 2. The third-order valence-corrected chi connectivity index (χ3v) is 4.18. The second kappa shape index (κ2) is 5.43. The van der Waals surface area contributed by atoms with E-state index in [0.717, 1.165) is 11.3 Å². The van der Waals surface area contributed by atoms with Crippen LogP contribution in [0.25, 0.3) is 0 Å². The number of hydrogen-bond donors (Lipinski definition) is 3. The van der Waals surface area contributed by atoms with E-state index in [1.807, 2.05) is 13.8 Å². The number of fused-ring (bicyclic) bond motifs is 1. The van der Waals surface area contributed by atoms with E-state index in [2.05, 4.69) is 5.32 Å². The van der Waals surface area contributed by atoms with E-state index in [1.54, 1.807) is 5.43 Å². The maximum Gasteiger partial charge on any atom is 0.323 e. The molecule has 0 fully saturated rings. The van der Waals surface area contributed by atoms with Gasteiger partial charge < -0.3 is 20.0 Å². The average Bonchev–Trinajstić information content (AvgIpc) is 2.73. The molecule has 1 aromatic heterocycles. The minimum atomic E-state index is -1.41. The lowest BCUT2D eigenvalue weighted by Crippen LogP contribution is -2.39. The number of hydrazine groups is 1. The van der Waals surface area contributed by atoms with Crippen molar-refractivity contribution < 1.29 is 24.2 Å². The van der Waals surface area contributed by atoms with E-state index in [9.17, 15) is 19.5 Å². The number of anilines is 1. The molecule has 8 nitrogen and oxygen atoms in total. The van der Waals surface area contributed by atoms with Gasteiger partial charge in [-0.15, -0.1) is 11.3 Å². The molecule has 2 amide bonds. The van der Waals surface area contributed by atoms with Gasteiger partial charge in [-0.25, -0.2) is 5.84 Å². The van der Waals surface area contributed by atoms with Gasteiger partial charge >= 0.3 is 11.8 Å². The highest BCUT2D eigenvalue weighted by Gasteiger charge is 2.32. The molecule has 2 heterocycles. The molecule has 0 bridgehead atoms. The molecule has 21 heavy (non-hydrogen) atoms. The Labute approximate surface area is 124 Å². The summed E-state index contributed by atoms with van der Waals surface area (Å²) in [5.41, 5.74) is 1.63. The highest BCUT2D eigenvalue weighted by Crippen LogP contribution is 2.40. The summed E-state index contributed by atoms with van der Waals surface area (Å²) >= 11 is 1.05. The standard InChI is InChI=1S/C12H15N3O5S/c1-12(2)3-5-6(4-20-12)21-10(7(5)11(18)19)14-8(16)9(17)15-13/h3-4,13H2,1-2H3,(H,14,16)(H,15,17)(H,18,19)/p-1. The fourth-order valence-electron chi connectivity index (χ4n) is 2.08. The molecule has 0 saturated heterocycles. The molecule has 1 aromatic rings. The van der Waals surface area contributed by atoms with Gasteiger partial charge in [-0.1, -0.05) is 0 Å². The number of hydrogen-bond acceptors (Lipinski definition) is 7. The van der Waals surface area contributed by atoms with Gasteiger partial charge in [0.2, 0.25) is 0 Å². The van der Waals surface area contributed by atoms with Gasteiger partial charge in [-0.2, -0.15) is 0 Å². The molecule has 114 valence electrons. The summed E-state index contributed by atoms with van der Waals surface area (Å²) in [5, 5.41) is 13.7. The number of carbonyl (C=O) groups is 3. The first-order valence-corrected chi connectivity index (χ1v) is 6.88. The van der Waals surface area contributed by atoms with Gasteiger partial charge in [0.15, 0.2) is 0 Å². The first-order valence-electron chi connectivity index (χ1n) is 6.07. The van der Waals surface area contributed by atoms with Crippen molar-refractivity contribution in [2.75, 3.05) is 5.32 Å². The minimum Gasteiger partial charge on any atom is -0.545 e. The van der Waals surface area contributed by atoms with Gasteiger partial charge in [0, 0.05) is 16.9 Å². The summed E-state index contributed by atoms with van der Waals surface area (Å²) in [6.45, 7) is 3.92. The Hall–Kier alpha value is -1.97. The molecule has 0 saturated carbocycles. The number of amides is 2. The van der Waals surface area contributed by atoms with Crippen molar-refractivity contribution in [3.8, 4) is 0 Å². The van der Waals surface area contributed by atoms with Crippen LogP contribution in [0.1, 0.15) is 34.6 Å². The molecule has 1 aliphatic rings. The number of nitrogens with two attached hydrogens (primary N) is 1. The average molecular weight is 312 g/mol. The fraction of sp³-hybridized carbons (Fsp3) is 0.417. The van der Waals surface area contributed by atoms with Crippen molar-refractivity contribution in [1.29, 1.82) is 0 Å². The third kappa shape index (κ3) is 3.04. The SMILES string of the molecule is CC1(C)Cc2c(sc(NC(=O)C(=O)NN)c2C(=O)[O-])CO1. The number of carbonyl (C=O) groups excluding carboxylic acids is 3. The predicted molar refractivity (Wildman–Crippen MR) is 72.2 cm³/mol. The Bertz CT molecular complexity index is 623. The molecule has 2 rings (SSSR count). The first-order chi connectivity index (χ1) is 9.75. The summed E-state index contributed by atoms with van der Waals surface area (Å²) in [6, 6.07) is 0. The van der Waals surface area contributed by atoms with E-state index in [0.29, 0.717) is 16.9 Å². The van der Waals surface area contributed by atoms with Gasteiger partial charge in [0.25, 0.3) is 0 Å². The van der Waals surface area contributed by atoms with Crippen molar-refractivity contribution in [3.05, 3.63) is 16.0 Å². The zero-order valence-electron chi connectivity index (χ0n) is 11.4. The van der Waals surface area contributed by atoms with Crippen LogP contribution >= 0.6 is 11.3 Å². The van der Waals surface area contributed by atoms with Crippen LogP contribution in [0.15, 0.2) is 0 Å². The zero-order chi connectivity index (χ0) is 15.8. The maximum atomic E-state index is 11.5. The Morgan fingerprint density at radius 1 is 1.33 bits per heavy atom. The van der Waals surface area contributed by atoms with Crippen LogP contribution in [-0.2, 0) is 27.4 Å². The van der Waals surface area contributed by atoms with Gasteiger partial charge in [0.05, 0.1) is 18.2 Å². The Morgan fingerprint density at radius 3 is 2.57 bits per heavy atom. The largest absolute Gasteiger partial charge is 0.545 e. The van der Waals surface area contributed by atoms with E-state index in [-0.39, 0.29) is 17.2 Å². The first kappa shape index (κ1) is 15.4. The number of carboxylic acid groups (broad SMARTS) is 1. The molecule has 0 aromatic carbocycles. The number of aromatic carboxylic acids is 1. The highest BCUT2D eigenvalue weighted by atomic mass is 32.1. The number of carboxylic acids is 1. The Kier molecular flexibility index (Phi) is 3.99. The smallest absolute Gasteiger partial charge is 0.323 e. The lowest BCUT2D eigenvalue weighted by atomic mass is 9.93. The zero-order valence-corrected chi connectivity index (χ0v) is 12.3. The maximum absolute atomic E-state index is 11.5. The summed E-state index contributed by atoms with van der Waals surface area (Å²) < 4.78 is 5.60. The van der Waals surface area contributed by atoms with E-state index >= 15 is 0 Å². The molecule has 1 aliphatic heterocycles. The Morgan fingerprint density at radius 2 is 2.00 bits per heavy atom. The topological polar surface area (TPSA) is 134 Å². The lowest BCUT2D eigenvalue weighted by molar-refractivity contribution is -0.255. The van der Waals surface area contributed by atoms with Crippen LogP contribution < -0.4 is 21.7 Å². The van der Waals surface area contributed by atoms with Crippen LogP contribution in [-0.4, -0.2) is 23.4 Å². The molecule has 0 atom stereocenters. The summed E-state index contributed by atoms with van der Waals surface area (Å²) in [7, 11) is 0. The van der Waals surface area contributed by atoms with Crippen molar-refractivity contribution in [3.63, 3.8) is 0 Å². The monoisotopic (exact) mass is 312 g/mol. The molecular formula is C12H14N3O5S-. The molecule has 0 unspecified atom stereocenters. The van der Waals surface area contributed by atoms with Crippen LogP contribution in [0, 0.1) is 0 Å². The van der Waals surface area contributed by atoms with Crippen molar-refractivity contribution in [1.82, 2.24) is 5.43 Å². The predicted octanol–water partition coefficient (Wildman–Crippen LogP) is -1.11. The fourth-order valence-corrected chi connectivity index (χ4v) is 3.20. The van der Waals surface area contributed by atoms with Crippen LogP contribution in [0.4, 0.5) is 5.00 Å².